The Hall–Kier alpha value is -4.50. The van der Waals surface area contributed by atoms with Crippen molar-refractivity contribution in [2.75, 3.05) is 0 Å². The maximum absolute atomic E-state index is 6.12. The standard InChI is InChI=1S/C30H22O3/c1-3-10-23(11-4-1)24-12-7-15-26(20-24)32-28-17-9-19-30(22-28)33-29-18-8-16-27(21-29)31-25-13-5-2-6-14-25/h1-22H. The van der Waals surface area contributed by atoms with Gasteiger partial charge in [-0.2, -0.15) is 0 Å². The highest BCUT2D eigenvalue weighted by Crippen LogP contribution is 2.32. The average Bonchev–Trinajstić information content (AvgIpc) is 2.86. The second-order valence-corrected chi connectivity index (χ2v) is 7.46. The van der Waals surface area contributed by atoms with Crippen molar-refractivity contribution in [3.8, 4) is 45.6 Å². The minimum Gasteiger partial charge on any atom is -0.457 e. The van der Waals surface area contributed by atoms with E-state index < -0.39 is 0 Å². The number of ether oxygens (including phenoxy) is 3. The van der Waals surface area contributed by atoms with Gasteiger partial charge in [-0.1, -0.05) is 72.8 Å². The molecule has 0 bridgehead atoms. The average molecular weight is 431 g/mol. The quantitative estimate of drug-likeness (QED) is 0.258. The Kier molecular flexibility index (Phi) is 6.03. The monoisotopic (exact) mass is 430 g/mol. The molecule has 0 amide bonds. The molecule has 0 saturated heterocycles. The Labute approximate surface area is 193 Å². The first-order valence-corrected chi connectivity index (χ1v) is 10.8. The molecule has 5 aromatic carbocycles. The summed E-state index contributed by atoms with van der Waals surface area (Å²) in [5, 5.41) is 0. The van der Waals surface area contributed by atoms with Crippen LogP contribution in [-0.2, 0) is 0 Å². The summed E-state index contributed by atoms with van der Waals surface area (Å²) in [4.78, 5) is 0. The van der Waals surface area contributed by atoms with Gasteiger partial charge >= 0.3 is 0 Å². The van der Waals surface area contributed by atoms with E-state index in [2.05, 4.69) is 18.2 Å². The molecule has 0 heterocycles. The van der Waals surface area contributed by atoms with E-state index in [4.69, 9.17) is 14.2 Å². The second kappa shape index (κ2) is 9.75. The molecule has 0 saturated carbocycles. The van der Waals surface area contributed by atoms with Gasteiger partial charge in [0.05, 0.1) is 0 Å². The van der Waals surface area contributed by atoms with E-state index in [0.29, 0.717) is 23.0 Å². The van der Waals surface area contributed by atoms with Crippen LogP contribution in [0.25, 0.3) is 11.1 Å². The van der Waals surface area contributed by atoms with E-state index in [0.717, 1.165) is 22.6 Å². The summed E-state index contributed by atoms with van der Waals surface area (Å²) >= 11 is 0. The van der Waals surface area contributed by atoms with Crippen LogP contribution in [0.4, 0.5) is 0 Å². The first-order valence-electron chi connectivity index (χ1n) is 10.8. The van der Waals surface area contributed by atoms with Gasteiger partial charge in [-0.05, 0) is 59.7 Å². The Morgan fingerprint density at radius 3 is 1.18 bits per heavy atom. The lowest BCUT2D eigenvalue weighted by Gasteiger charge is -2.11. The third-order valence-corrected chi connectivity index (χ3v) is 5.00. The molecule has 3 heteroatoms. The number of hydrogen-bond donors (Lipinski definition) is 0. The molecule has 5 aromatic rings. The van der Waals surface area contributed by atoms with Crippen molar-refractivity contribution in [1.82, 2.24) is 0 Å². The Morgan fingerprint density at radius 1 is 0.273 bits per heavy atom. The Balaban J connectivity index is 1.30. The van der Waals surface area contributed by atoms with Gasteiger partial charge in [0.2, 0.25) is 0 Å². The maximum atomic E-state index is 6.12. The highest BCUT2D eigenvalue weighted by molar-refractivity contribution is 5.65. The fourth-order valence-electron chi connectivity index (χ4n) is 3.47. The van der Waals surface area contributed by atoms with Crippen molar-refractivity contribution < 1.29 is 14.2 Å². The normalized spacial score (nSPS) is 10.4. The molecule has 33 heavy (non-hydrogen) atoms. The molecule has 0 aliphatic rings. The van der Waals surface area contributed by atoms with Crippen LogP contribution in [0, 0.1) is 0 Å². The van der Waals surface area contributed by atoms with Gasteiger partial charge in [0, 0.05) is 12.1 Å². The fourth-order valence-corrected chi connectivity index (χ4v) is 3.47. The minimum absolute atomic E-state index is 0.684. The number of hydrogen-bond acceptors (Lipinski definition) is 3. The zero-order valence-corrected chi connectivity index (χ0v) is 17.9. The molecule has 5 rings (SSSR count). The number of para-hydroxylation sites is 1. The van der Waals surface area contributed by atoms with Crippen LogP contribution in [0.15, 0.2) is 133 Å². The molecule has 0 radical (unpaired) electrons. The lowest BCUT2D eigenvalue weighted by molar-refractivity contribution is 0.451. The Morgan fingerprint density at radius 2 is 0.636 bits per heavy atom. The van der Waals surface area contributed by atoms with Crippen LogP contribution in [0.1, 0.15) is 0 Å². The van der Waals surface area contributed by atoms with Crippen LogP contribution < -0.4 is 14.2 Å². The molecule has 160 valence electrons. The summed E-state index contributed by atoms with van der Waals surface area (Å²) in [7, 11) is 0. The zero-order valence-electron chi connectivity index (χ0n) is 17.9. The van der Waals surface area contributed by atoms with Gasteiger partial charge < -0.3 is 14.2 Å². The van der Waals surface area contributed by atoms with Crippen LogP contribution in [0.3, 0.4) is 0 Å². The summed E-state index contributed by atoms with van der Waals surface area (Å²) < 4.78 is 18.1. The molecule has 0 atom stereocenters. The summed E-state index contributed by atoms with van der Waals surface area (Å²) in [6, 6.07) is 43.2. The molecule has 0 aliphatic heterocycles. The predicted molar refractivity (Wildman–Crippen MR) is 131 cm³/mol. The van der Waals surface area contributed by atoms with E-state index in [1.807, 2.05) is 115 Å². The van der Waals surface area contributed by atoms with Crippen molar-refractivity contribution in [3.05, 3.63) is 133 Å². The van der Waals surface area contributed by atoms with Gasteiger partial charge in [-0.25, -0.2) is 0 Å². The lowest BCUT2D eigenvalue weighted by atomic mass is 10.1. The molecule has 3 nitrogen and oxygen atoms in total. The lowest BCUT2D eigenvalue weighted by Crippen LogP contribution is -1.89. The fraction of sp³-hybridized carbons (Fsp3) is 0. The molecular weight excluding hydrogens is 408 g/mol. The van der Waals surface area contributed by atoms with Crippen molar-refractivity contribution in [1.29, 1.82) is 0 Å². The molecule has 0 aromatic heterocycles. The van der Waals surface area contributed by atoms with Crippen LogP contribution >= 0.6 is 0 Å². The summed E-state index contributed by atoms with van der Waals surface area (Å²) in [6.07, 6.45) is 0. The van der Waals surface area contributed by atoms with E-state index in [-0.39, 0.29) is 0 Å². The molecule has 0 fully saturated rings. The summed E-state index contributed by atoms with van der Waals surface area (Å²) in [5.74, 6) is 4.34. The van der Waals surface area contributed by atoms with Gasteiger partial charge in [0.25, 0.3) is 0 Å². The SMILES string of the molecule is c1ccc(Oc2cccc(Oc3cccc(Oc4cccc(-c5ccccc5)c4)c3)c2)cc1. The number of benzene rings is 5. The van der Waals surface area contributed by atoms with Gasteiger partial charge in [0.15, 0.2) is 0 Å². The highest BCUT2D eigenvalue weighted by atomic mass is 16.5. The smallest absolute Gasteiger partial charge is 0.131 e. The second-order valence-electron chi connectivity index (χ2n) is 7.46. The first kappa shape index (κ1) is 20.4. The van der Waals surface area contributed by atoms with E-state index in [1.54, 1.807) is 0 Å². The van der Waals surface area contributed by atoms with Gasteiger partial charge in [0.1, 0.15) is 34.5 Å². The van der Waals surface area contributed by atoms with Crippen LogP contribution in [0.5, 0.6) is 34.5 Å². The molecule has 0 unspecified atom stereocenters. The third kappa shape index (κ3) is 5.41. The highest BCUT2D eigenvalue weighted by Gasteiger charge is 2.05. The first-order chi connectivity index (χ1) is 16.3. The van der Waals surface area contributed by atoms with E-state index >= 15 is 0 Å². The van der Waals surface area contributed by atoms with Crippen molar-refractivity contribution in [2.45, 2.75) is 0 Å². The molecule has 0 aliphatic carbocycles. The molecular formula is C30H22O3. The largest absolute Gasteiger partial charge is 0.457 e. The summed E-state index contributed by atoms with van der Waals surface area (Å²) in [5.41, 5.74) is 2.26. The van der Waals surface area contributed by atoms with Crippen LogP contribution in [0.2, 0.25) is 0 Å². The van der Waals surface area contributed by atoms with E-state index in [1.165, 1.54) is 0 Å². The summed E-state index contributed by atoms with van der Waals surface area (Å²) in [6.45, 7) is 0. The maximum Gasteiger partial charge on any atom is 0.131 e. The van der Waals surface area contributed by atoms with Crippen molar-refractivity contribution in [2.24, 2.45) is 0 Å². The van der Waals surface area contributed by atoms with Crippen molar-refractivity contribution in [3.63, 3.8) is 0 Å². The third-order valence-electron chi connectivity index (χ3n) is 5.00. The van der Waals surface area contributed by atoms with Crippen molar-refractivity contribution >= 4 is 0 Å². The molecule has 0 spiro atoms. The predicted octanol–water partition coefficient (Wildman–Crippen LogP) is 8.73. The molecule has 0 N–H and O–H groups in total. The topological polar surface area (TPSA) is 27.7 Å². The van der Waals surface area contributed by atoms with Gasteiger partial charge in [-0.3, -0.25) is 0 Å². The minimum atomic E-state index is 0.684. The van der Waals surface area contributed by atoms with Gasteiger partial charge in [-0.15, -0.1) is 0 Å². The van der Waals surface area contributed by atoms with E-state index in [9.17, 15) is 0 Å². The number of rotatable bonds is 7. The van der Waals surface area contributed by atoms with Crippen LogP contribution in [-0.4, -0.2) is 0 Å². The Bertz CT molecular complexity index is 1330. The zero-order chi connectivity index (χ0) is 22.3.